The quantitative estimate of drug-likeness (QED) is 0.636. The zero-order valence-electron chi connectivity index (χ0n) is 18.9. The molecule has 8 nitrogen and oxygen atoms in total. The summed E-state index contributed by atoms with van der Waals surface area (Å²) in [6.45, 7) is 3.93. The van der Waals surface area contributed by atoms with Gasteiger partial charge in [-0.25, -0.2) is 0 Å². The summed E-state index contributed by atoms with van der Waals surface area (Å²) in [6.07, 6.45) is 1.83. The number of ketones is 1. The molecule has 0 fully saturated rings. The highest BCUT2D eigenvalue weighted by Gasteiger charge is 2.44. The van der Waals surface area contributed by atoms with Gasteiger partial charge in [0, 0.05) is 12.6 Å². The number of carbonyl (C=O) groups is 2. The number of ether oxygens (including phenoxy) is 3. The van der Waals surface area contributed by atoms with Crippen LogP contribution in [-0.2, 0) is 16.1 Å². The van der Waals surface area contributed by atoms with Crippen molar-refractivity contribution in [3.8, 4) is 17.2 Å². The summed E-state index contributed by atoms with van der Waals surface area (Å²) in [5.74, 6) is -0.228. The standard InChI is InChI=1S/C24H28N2O6/c1-14(2)10-17(27)20-21(15-11-18(30-3)23(32-5)19(12-15)31-4)26(24(29)22(20)28)13-16-8-6-7-9-25-16/h6-9,11-12,14,21,28H,10,13H2,1-5H3. The van der Waals surface area contributed by atoms with E-state index in [4.69, 9.17) is 14.2 Å². The van der Waals surface area contributed by atoms with Crippen LogP contribution in [-0.4, -0.2) is 48.0 Å². The number of aliphatic hydroxyl groups excluding tert-OH is 1. The number of hydrogen-bond donors (Lipinski definition) is 1. The van der Waals surface area contributed by atoms with Gasteiger partial charge in [-0.2, -0.15) is 0 Å². The summed E-state index contributed by atoms with van der Waals surface area (Å²) in [7, 11) is 4.48. The van der Waals surface area contributed by atoms with Gasteiger partial charge in [0.2, 0.25) is 5.75 Å². The van der Waals surface area contributed by atoms with Crippen LogP contribution in [0.4, 0.5) is 0 Å². The van der Waals surface area contributed by atoms with Crippen LogP contribution in [0.3, 0.4) is 0 Å². The first-order valence-corrected chi connectivity index (χ1v) is 10.3. The smallest absolute Gasteiger partial charge is 0.290 e. The second kappa shape index (κ2) is 9.72. The molecule has 0 saturated heterocycles. The number of Topliss-reactive ketones (excluding diaryl/α,β-unsaturated/α-hetero) is 1. The summed E-state index contributed by atoms with van der Waals surface area (Å²) < 4.78 is 16.3. The van der Waals surface area contributed by atoms with E-state index in [-0.39, 0.29) is 30.2 Å². The van der Waals surface area contributed by atoms with Gasteiger partial charge in [-0.15, -0.1) is 0 Å². The van der Waals surface area contributed by atoms with Crippen molar-refractivity contribution < 1.29 is 28.9 Å². The zero-order chi connectivity index (χ0) is 23.4. The van der Waals surface area contributed by atoms with E-state index in [0.717, 1.165) is 0 Å². The maximum atomic E-state index is 13.1. The molecule has 0 bridgehead atoms. The predicted molar refractivity (Wildman–Crippen MR) is 118 cm³/mol. The molecule has 2 aromatic rings. The summed E-state index contributed by atoms with van der Waals surface area (Å²) in [6, 6.07) is 7.92. The molecule has 1 atom stereocenters. The van der Waals surface area contributed by atoms with E-state index in [0.29, 0.717) is 28.5 Å². The van der Waals surface area contributed by atoms with E-state index in [2.05, 4.69) is 4.98 Å². The number of rotatable bonds is 9. The van der Waals surface area contributed by atoms with E-state index in [1.54, 1.807) is 30.5 Å². The molecule has 1 aromatic carbocycles. The van der Waals surface area contributed by atoms with Crippen molar-refractivity contribution in [3.63, 3.8) is 0 Å². The van der Waals surface area contributed by atoms with Crippen molar-refractivity contribution >= 4 is 11.7 Å². The lowest BCUT2D eigenvalue weighted by Gasteiger charge is -2.28. The first kappa shape index (κ1) is 23.1. The lowest BCUT2D eigenvalue weighted by molar-refractivity contribution is -0.130. The van der Waals surface area contributed by atoms with Crippen LogP contribution in [0.15, 0.2) is 47.9 Å². The third-order valence-corrected chi connectivity index (χ3v) is 5.26. The van der Waals surface area contributed by atoms with Crippen molar-refractivity contribution in [1.82, 2.24) is 9.88 Å². The Morgan fingerprint density at radius 1 is 1.12 bits per heavy atom. The molecular weight excluding hydrogens is 412 g/mol. The van der Waals surface area contributed by atoms with Gasteiger partial charge in [0.25, 0.3) is 5.91 Å². The van der Waals surface area contributed by atoms with E-state index < -0.39 is 17.7 Å². The molecule has 2 heterocycles. The zero-order valence-corrected chi connectivity index (χ0v) is 18.9. The number of pyridine rings is 1. The van der Waals surface area contributed by atoms with Gasteiger partial charge in [-0.1, -0.05) is 19.9 Å². The number of aromatic nitrogens is 1. The summed E-state index contributed by atoms with van der Waals surface area (Å²) in [5.41, 5.74) is 1.25. The van der Waals surface area contributed by atoms with Crippen molar-refractivity contribution in [2.45, 2.75) is 32.9 Å². The lowest BCUT2D eigenvalue weighted by Crippen LogP contribution is -2.31. The average Bonchev–Trinajstić information content (AvgIpc) is 3.03. The Kier molecular flexibility index (Phi) is 7.02. The molecule has 0 spiro atoms. The van der Waals surface area contributed by atoms with Crippen LogP contribution in [0.2, 0.25) is 0 Å². The maximum absolute atomic E-state index is 13.1. The number of hydrogen-bond acceptors (Lipinski definition) is 7. The highest BCUT2D eigenvalue weighted by atomic mass is 16.5. The minimum Gasteiger partial charge on any atom is -0.503 e. The maximum Gasteiger partial charge on any atom is 0.290 e. The molecule has 1 aromatic heterocycles. The topological polar surface area (TPSA) is 98.2 Å². The summed E-state index contributed by atoms with van der Waals surface area (Å²) in [4.78, 5) is 31.9. The Bertz CT molecular complexity index is 1010. The molecule has 1 aliphatic rings. The van der Waals surface area contributed by atoms with Gasteiger partial charge >= 0.3 is 0 Å². The van der Waals surface area contributed by atoms with Crippen LogP contribution in [0, 0.1) is 5.92 Å². The minimum atomic E-state index is -0.829. The number of aliphatic hydroxyl groups is 1. The highest BCUT2D eigenvalue weighted by molar-refractivity contribution is 6.09. The van der Waals surface area contributed by atoms with Gasteiger partial charge in [-0.05, 0) is 35.7 Å². The molecule has 3 rings (SSSR count). The Morgan fingerprint density at radius 3 is 2.28 bits per heavy atom. The number of benzene rings is 1. The Labute approximate surface area is 187 Å². The number of nitrogens with zero attached hydrogens (tertiary/aromatic N) is 2. The Morgan fingerprint density at radius 2 is 1.78 bits per heavy atom. The van der Waals surface area contributed by atoms with Crippen LogP contribution in [0.5, 0.6) is 17.2 Å². The van der Waals surface area contributed by atoms with Gasteiger partial charge in [0.05, 0.1) is 45.2 Å². The van der Waals surface area contributed by atoms with Gasteiger partial charge < -0.3 is 24.2 Å². The third kappa shape index (κ3) is 4.39. The summed E-state index contributed by atoms with van der Waals surface area (Å²) in [5, 5.41) is 10.7. The first-order chi connectivity index (χ1) is 15.3. The second-order valence-corrected chi connectivity index (χ2v) is 7.90. The van der Waals surface area contributed by atoms with Crippen molar-refractivity contribution in [2.24, 2.45) is 5.92 Å². The normalized spacial score (nSPS) is 16.0. The molecule has 1 amide bonds. The van der Waals surface area contributed by atoms with Crippen molar-refractivity contribution in [3.05, 3.63) is 59.1 Å². The fourth-order valence-electron chi connectivity index (χ4n) is 3.85. The molecule has 0 radical (unpaired) electrons. The number of carbonyl (C=O) groups excluding carboxylic acids is 2. The molecule has 0 aliphatic carbocycles. The fraction of sp³-hybridized carbons (Fsp3) is 0.375. The van der Waals surface area contributed by atoms with E-state index in [9.17, 15) is 14.7 Å². The number of methoxy groups -OCH3 is 3. The molecule has 1 unspecified atom stereocenters. The first-order valence-electron chi connectivity index (χ1n) is 10.3. The van der Waals surface area contributed by atoms with Crippen molar-refractivity contribution in [1.29, 1.82) is 0 Å². The Hall–Kier alpha value is -3.55. The van der Waals surface area contributed by atoms with E-state index in [1.165, 1.54) is 26.2 Å². The molecule has 1 N–H and O–H groups in total. The highest BCUT2D eigenvalue weighted by Crippen LogP contribution is 2.45. The van der Waals surface area contributed by atoms with E-state index >= 15 is 0 Å². The average molecular weight is 440 g/mol. The molecule has 32 heavy (non-hydrogen) atoms. The van der Waals surface area contributed by atoms with E-state index in [1.807, 2.05) is 19.9 Å². The SMILES string of the molecule is COc1cc(C2C(C(=O)CC(C)C)=C(O)C(=O)N2Cc2ccccn2)cc(OC)c1OC. The van der Waals surface area contributed by atoms with Gasteiger partial charge in [0.1, 0.15) is 0 Å². The van der Waals surface area contributed by atoms with Crippen molar-refractivity contribution in [2.75, 3.05) is 21.3 Å². The predicted octanol–water partition coefficient (Wildman–Crippen LogP) is 3.62. The second-order valence-electron chi connectivity index (χ2n) is 7.90. The fourth-order valence-corrected chi connectivity index (χ4v) is 3.85. The molecule has 1 aliphatic heterocycles. The molecule has 0 saturated carbocycles. The van der Waals surface area contributed by atoms with Gasteiger partial charge in [0.15, 0.2) is 23.0 Å². The van der Waals surface area contributed by atoms with Crippen LogP contribution < -0.4 is 14.2 Å². The minimum absolute atomic E-state index is 0.0586. The molecular formula is C24H28N2O6. The van der Waals surface area contributed by atoms with Crippen LogP contribution >= 0.6 is 0 Å². The van der Waals surface area contributed by atoms with Crippen LogP contribution in [0.25, 0.3) is 0 Å². The molecule has 8 heteroatoms. The van der Waals surface area contributed by atoms with Crippen LogP contribution in [0.1, 0.15) is 37.6 Å². The Balaban J connectivity index is 2.17. The summed E-state index contributed by atoms with van der Waals surface area (Å²) >= 11 is 0. The monoisotopic (exact) mass is 440 g/mol. The third-order valence-electron chi connectivity index (χ3n) is 5.26. The largest absolute Gasteiger partial charge is 0.503 e. The van der Waals surface area contributed by atoms with Gasteiger partial charge in [-0.3, -0.25) is 14.6 Å². The lowest BCUT2D eigenvalue weighted by atomic mass is 9.91. The number of amides is 1. The molecule has 170 valence electrons.